The quantitative estimate of drug-likeness (QED) is 0.180. The Balaban J connectivity index is 1.56. The molecule has 0 aromatic heterocycles. The number of aryl methyl sites for hydroxylation is 1. The van der Waals surface area contributed by atoms with Gasteiger partial charge in [-0.3, -0.25) is 9.59 Å². The molecule has 8 nitrogen and oxygen atoms in total. The predicted molar refractivity (Wildman–Crippen MR) is 130 cm³/mol. The van der Waals surface area contributed by atoms with Gasteiger partial charge in [-0.05, 0) is 85.6 Å². The molecule has 0 saturated carbocycles. The summed E-state index contributed by atoms with van der Waals surface area (Å²) in [6.45, 7) is 3.49. The van der Waals surface area contributed by atoms with E-state index in [0.29, 0.717) is 39.0 Å². The Labute approximate surface area is 201 Å². The van der Waals surface area contributed by atoms with Gasteiger partial charge in [-0.15, -0.1) is 0 Å². The van der Waals surface area contributed by atoms with Crippen molar-refractivity contribution in [1.82, 2.24) is 5.43 Å². The minimum absolute atomic E-state index is 0.345. The van der Waals surface area contributed by atoms with Crippen molar-refractivity contribution < 1.29 is 23.9 Å². The fourth-order valence-corrected chi connectivity index (χ4v) is 2.95. The Morgan fingerprint density at radius 2 is 1.47 bits per heavy atom. The van der Waals surface area contributed by atoms with Crippen LogP contribution in [0.2, 0.25) is 5.02 Å². The highest BCUT2D eigenvalue weighted by Crippen LogP contribution is 2.20. The number of methoxy groups -OCH3 is 1. The highest BCUT2D eigenvalue weighted by Gasteiger charge is 2.14. The van der Waals surface area contributed by atoms with Crippen LogP contribution in [0.3, 0.4) is 0 Å². The third-order valence-corrected chi connectivity index (χ3v) is 5.18. The van der Waals surface area contributed by atoms with Crippen molar-refractivity contribution in [3.05, 3.63) is 88.4 Å². The van der Waals surface area contributed by atoms with Crippen molar-refractivity contribution in [2.45, 2.75) is 13.8 Å². The normalized spacial score (nSPS) is 10.9. The van der Waals surface area contributed by atoms with E-state index in [4.69, 9.17) is 21.1 Å². The predicted octanol–water partition coefficient (Wildman–Crippen LogP) is 4.36. The van der Waals surface area contributed by atoms with Crippen molar-refractivity contribution >= 4 is 40.8 Å². The van der Waals surface area contributed by atoms with E-state index < -0.39 is 17.8 Å². The Hall–Kier alpha value is -4.17. The fraction of sp³-hybridized carbons (Fsp3) is 0.120. The average Bonchev–Trinajstić information content (AvgIpc) is 2.85. The van der Waals surface area contributed by atoms with E-state index in [9.17, 15) is 14.4 Å². The first-order valence-corrected chi connectivity index (χ1v) is 10.5. The minimum Gasteiger partial charge on any atom is -0.497 e. The zero-order valence-corrected chi connectivity index (χ0v) is 19.5. The maximum absolute atomic E-state index is 12.3. The topological polar surface area (TPSA) is 106 Å². The van der Waals surface area contributed by atoms with Crippen LogP contribution >= 0.6 is 11.6 Å². The smallest absolute Gasteiger partial charge is 0.343 e. The SMILES string of the molecule is COc1ccc(C(=O)Oc2ccc(/C(C)=N/NC(=O)C(=O)Nc3ccc(C)c(Cl)c3)cc2)cc1. The van der Waals surface area contributed by atoms with Gasteiger partial charge in [0.05, 0.1) is 18.4 Å². The molecule has 9 heteroatoms. The molecule has 0 radical (unpaired) electrons. The van der Waals surface area contributed by atoms with Crippen molar-refractivity contribution in [3.8, 4) is 11.5 Å². The molecule has 3 aromatic carbocycles. The molecule has 0 aliphatic heterocycles. The molecule has 174 valence electrons. The van der Waals surface area contributed by atoms with Gasteiger partial charge in [0.25, 0.3) is 0 Å². The summed E-state index contributed by atoms with van der Waals surface area (Å²) in [4.78, 5) is 36.4. The summed E-state index contributed by atoms with van der Waals surface area (Å²) in [5.41, 5.74) is 4.96. The zero-order valence-electron chi connectivity index (χ0n) is 18.7. The van der Waals surface area contributed by atoms with Crippen LogP contribution in [0.5, 0.6) is 11.5 Å². The van der Waals surface area contributed by atoms with Crippen LogP contribution in [-0.4, -0.2) is 30.6 Å². The fourth-order valence-electron chi connectivity index (χ4n) is 2.77. The Morgan fingerprint density at radius 3 is 2.09 bits per heavy atom. The number of benzene rings is 3. The lowest BCUT2D eigenvalue weighted by molar-refractivity contribution is -0.136. The van der Waals surface area contributed by atoms with Gasteiger partial charge in [-0.1, -0.05) is 17.7 Å². The highest BCUT2D eigenvalue weighted by atomic mass is 35.5. The van der Waals surface area contributed by atoms with Crippen LogP contribution in [0.4, 0.5) is 5.69 Å². The van der Waals surface area contributed by atoms with Crippen molar-refractivity contribution in [1.29, 1.82) is 0 Å². The number of rotatable bonds is 6. The van der Waals surface area contributed by atoms with Crippen LogP contribution in [0, 0.1) is 6.92 Å². The summed E-state index contributed by atoms with van der Waals surface area (Å²) >= 11 is 6.02. The number of hydrazone groups is 1. The van der Waals surface area contributed by atoms with E-state index in [2.05, 4.69) is 15.8 Å². The molecule has 0 bridgehead atoms. The number of ether oxygens (including phenoxy) is 2. The number of carbonyl (C=O) groups excluding carboxylic acids is 3. The number of hydrogen-bond acceptors (Lipinski definition) is 6. The summed E-state index contributed by atoms with van der Waals surface area (Å²) in [7, 11) is 1.54. The Kier molecular flexibility index (Phi) is 8.00. The molecular weight excluding hydrogens is 458 g/mol. The molecule has 0 atom stereocenters. The number of halogens is 1. The summed E-state index contributed by atoms with van der Waals surface area (Å²) in [6.07, 6.45) is 0. The second-order valence-corrected chi connectivity index (χ2v) is 7.61. The third kappa shape index (κ3) is 6.43. The first-order chi connectivity index (χ1) is 16.3. The van der Waals surface area contributed by atoms with Gasteiger partial charge < -0.3 is 14.8 Å². The number of amides is 2. The number of nitrogens with one attached hydrogen (secondary N) is 2. The molecule has 0 heterocycles. The van der Waals surface area contributed by atoms with E-state index in [1.54, 1.807) is 80.8 Å². The Morgan fingerprint density at radius 1 is 0.853 bits per heavy atom. The molecule has 0 saturated heterocycles. The summed E-state index contributed by atoms with van der Waals surface area (Å²) in [5.74, 6) is -1.33. The first kappa shape index (κ1) is 24.5. The molecule has 0 unspecified atom stereocenters. The lowest BCUT2D eigenvalue weighted by Crippen LogP contribution is -2.32. The third-order valence-electron chi connectivity index (χ3n) is 4.77. The van der Waals surface area contributed by atoms with Gasteiger partial charge in [0, 0.05) is 10.7 Å². The number of carbonyl (C=O) groups is 3. The summed E-state index contributed by atoms with van der Waals surface area (Å²) in [6, 6.07) is 18.0. The second kappa shape index (κ2) is 11.1. The molecule has 0 fully saturated rings. The van der Waals surface area contributed by atoms with E-state index in [1.165, 1.54) is 0 Å². The lowest BCUT2D eigenvalue weighted by atomic mass is 10.1. The van der Waals surface area contributed by atoms with Crippen LogP contribution in [0.15, 0.2) is 71.8 Å². The second-order valence-electron chi connectivity index (χ2n) is 7.20. The van der Waals surface area contributed by atoms with Gasteiger partial charge in [0.1, 0.15) is 11.5 Å². The average molecular weight is 480 g/mol. The van der Waals surface area contributed by atoms with Gasteiger partial charge >= 0.3 is 17.8 Å². The largest absolute Gasteiger partial charge is 0.497 e. The highest BCUT2D eigenvalue weighted by molar-refractivity contribution is 6.40. The molecule has 0 spiro atoms. The number of nitrogens with zero attached hydrogens (tertiary/aromatic N) is 1. The molecule has 0 aliphatic carbocycles. The zero-order chi connectivity index (χ0) is 24.7. The summed E-state index contributed by atoms with van der Waals surface area (Å²) in [5, 5.41) is 6.89. The Bertz CT molecular complexity index is 1240. The number of esters is 1. The van der Waals surface area contributed by atoms with E-state index in [0.717, 1.165) is 5.56 Å². The van der Waals surface area contributed by atoms with E-state index >= 15 is 0 Å². The molecule has 34 heavy (non-hydrogen) atoms. The van der Waals surface area contributed by atoms with Gasteiger partial charge in [-0.25, -0.2) is 10.2 Å². The van der Waals surface area contributed by atoms with E-state index in [1.807, 2.05) is 6.92 Å². The minimum atomic E-state index is -0.930. The molecule has 2 N–H and O–H groups in total. The monoisotopic (exact) mass is 479 g/mol. The van der Waals surface area contributed by atoms with Gasteiger partial charge in [-0.2, -0.15) is 5.10 Å². The van der Waals surface area contributed by atoms with Crippen LogP contribution in [0.25, 0.3) is 0 Å². The number of anilines is 1. The molecule has 3 rings (SSSR count). The van der Waals surface area contributed by atoms with E-state index in [-0.39, 0.29) is 0 Å². The maximum Gasteiger partial charge on any atom is 0.343 e. The summed E-state index contributed by atoms with van der Waals surface area (Å²) < 4.78 is 10.4. The number of hydrogen-bond donors (Lipinski definition) is 2. The van der Waals surface area contributed by atoms with Crippen molar-refractivity contribution in [2.24, 2.45) is 5.10 Å². The molecular formula is C25H22ClN3O5. The van der Waals surface area contributed by atoms with Crippen molar-refractivity contribution in [3.63, 3.8) is 0 Å². The molecule has 3 aromatic rings. The van der Waals surface area contributed by atoms with Crippen molar-refractivity contribution in [2.75, 3.05) is 12.4 Å². The molecule has 0 aliphatic rings. The standard InChI is InChI=1S/C25H22ClN3O5/c1-15-4-9-19(14-22(15)26)27-23(30)24(31)29-28-16(2)17-5-12-21(13-6-17)34-25(32)18-7-10-20(33-3)11-8-18/h4-14H,1-3H3,(H,27,30)(H,29,31)/b28-16+. The lowest BCUT2D eigenvalue weighted by Gasteiger charge is -2.07. The van der Waals surface area contributed by atoms with Gasteiger partial charge in [0.2, 0.25) is 0 Å². The molecule has 2 amide bonds. The first-order valence-electron chi connectivity index (χ1n) is 10.1. The maximum atomic E-state index is 12.3. The van der Waals surface area contributed by atoms with Crippen LogP contribution in [0.1, 0.15) is 28.4 Å². The van der Waals surface area contributed by atoms with Crippen LogP contribution in [-0.2, 0) is 9.59 Å². The van der Waals surface area contributed by atoms with Crippen LogP contribution < -0.4 is 20.2 Å². The van der Waals surface area contributed by atoms with Gasteiger partial charge in [0.15, 0.2) is 0 Å².